The molecule has 7 nitrogen and oxygen atoms in total. The largest absolute Gasteiger partial charge is 0.619 e. The van der Waals surface area contributed by atoms with Gasteiger partial charge in [-0.25, -0.2) is 4.79 Å². The fourth-order valence-corrected chi connectivity index (χ4v) is 2.38. The molecule has 0 aliphatic carbocycles. The summed E-state index contributed by atoms with van der Waals surface area (Å²) >= 11 is 0. The second kappa shape index (κ2) is 8.59. The van der Waals surface area contributed by atoms with Crippen molar-refractivity contribution in [1.82, 2.24) is 0 Å². The molecule has 140 valence electrons. The second-order valence-electron chi connectivity index (χ2n) is 5.84. The molecule has 0 saturated heterocycles. The topological polar surface area (TPSA) is 99.4 Å². The molecule has 0 unspecified atom stereocenters. The van der Waals surface area contributed by atoms with Gasteiger partial charge in [-0.3, -0.25) is 9.59 Å². The van der Waals surface area contributed by atoms with Crippen molar-refractivity contribution in [1.29, 1.82) is 0 Å². The van der Waals surface area contributed by atoms with Crippen LogP contribution in [0.5, 0.6) is 0 Å². The number of hydrogen-bond acceptors (Lipinski definition) is 5. The van der Waals surface area contributed by atoms with Crippen LogP contribution in [0.2, 0.25) is 0 Å². The highest BCUT2D eigenvalue weighted by Crippen LogP contribution is 2.12. The minimum Gasteiger partial charge on any atom is -0.619 e. The lowest BCUT2D eigenvalue weighted by Crippen LogP contribution is -2.24. The van der Waals surface area contributed by atoms with E-state index in [1.807, 2.05) is 6.07 Å². The van der Waals surface area contributed by atoms with Crippen LogP contribution in [0.25, 0.3) is 0 Å². The molecule has 1 amide bonds. The third kappa shape index (κ3) is 4.79. The number of nitrogens with one attached hydrogen (secondary N) is 1. The predicted molar refractivity (Wildman–Crippen MR) is 101 cm³/mol. The maximum atomic E-state index is 12.2. The van der Waals surface area contributed by atoms with Gasteiger partial charge in [0.1, 0.15) is 0 Å². The van der Waals surface area contributed by atoms with Crippen molar-refractivity contribution in [3.63, 3.8) is 0 Å². The van der Waals surface area contributed by atoms with Gasteiger partial charge in [0.25, 0.3) is 5.91 Å². The molecule has 1 N–H and O–H groups in total. The zero-order valence-electron chi connectivity index (χ0n) is 14.7. The average molecular weight is 376 g/mol. The van der Waals surface area contributed by atoms with E-state index in [2.05, 4.69) is 5.32 Å². The van der Waals surface area contributed by atoms with E-state index >= 15 is 0 Å². The van der Waals surface area contributed by atoms with Crippen LogP contribution in [-0.4, -0.2) is 24.3 Å². The van der Waals surface area contributed by atoms with Gasteiger partial charge in [-0.1, -0.05) is 18.2 Å². The first-order valence-corrected chi connectivity index (χ1v) is 8.38. The molecule has 0 atom stereocenters. The number of amides is 1. The molecule has 1 aromatic heterocycles. The predicted octanol–water partition coefficient (Wildman–Crippen LogP) is 2.61. The number of ether oxygens (including phenoxy) is 1. The van der Waals surface area contributed by atoms with Crippen LogP contribution in [0.3, 0.4) is 0 Å². The summed E-state index contributed by atoms with van der Waals surface area (Å²) in [5, 5.41) is 13.7. The first-order chi connectivity index (χ1) is 13.5. The Hall–Kier alpha value is -4.00. The van der Waals surface area contributed by atoms with E-state index < -0.39 is 12.6 Å². The zero-order valence-corrected chi connectivity index (χ0v) is 14.7. The van der Waals surface area contributed by atoms with Gasteiger partial charge in [-0.15, -0.1) is 0 Å². The molecule has 1 heterocycles. The fraction of sp³-hybridized carbons (Fsp3) is 0.0476. The molecule has 2 aromatic carbocycles. The number of anilines is 1. The lowest BCUT2D eigenvalue weighted by molar-refractivity contribution is -0.605. The summed E-state index contributed by atoms with van der Waals surface area (Å²) in [5.41, 5.74) is 1.59. The van der Waals surface area contributed by atoms with Gasteiger partial charge >= 0.3 is 5.97 Å². The Labute approximate surface area is 160 Å². The molecule has 0 radical (unpaired) electrons. The Bertz CT molecular complexity index is 984. The summed E-state index contributed by atoms with van der Waals surface area (Å²) in [7, 11) is 0. The number of esters is 1. The van der Waals surface area contributed by atoms with Crippen LogP contribution in [0, 0.1) is 5.21 Å². The fourth-order valence-electron chi connectivity index (χ4n) is 2.38. The van der Waals surface area contributed by atoms with Crippen LogP contribution < -0.4 is 10.0 Å². The van der Waals surface area contributed by atoms with E-state index in [1.54, 1.807) is 48.5 Å². The van der Waals surface area contributed by atoms with Gasteiger partial charge in [-0.05, 0) is 36.4 Å². The van der Waals surface area contributed by atoms with Gasteiger partial charge < -0.3 is 15.3 Å². The van der Waals surface area contributed by atoms with Crippen molar-refractivity contribution < 1.29 is 23.9 Å². The summed E-state index contributed by atoms with van der Waals surface area (Å²) in [6, 6.07) is 17.7. The summed E-state index contributed by atoms with van der Waals surface area (Å²) < 4.78 is 5.51. The highest BCUT2D eigenvalue weighted by Gasteiger charge is 2.13. The lowest BCUT2D eigenvalue weighted by Gasteiger charge is -2.07. The van der Waals surface area contributed by atoms with E-state index in [0.717, 1.165) is 0 Å². The van der Waals surface area contributed by atoms with E-state index in [0.29, 0.717) is 21.5 Å². The Morgan fingerprint density at radius 2 is 1.46 bits per heavy atom. The number of rotatable bonds is 6. The van der Waals surface area contributed by atoms with Crippen LogP contribution in [-0.2, 0) is 4.74 Å². The number of hydrogen-bond donors (Lipinski definition) is 1. The molecule has 3 aromatic rings. The Morgan fingerprint density at radius 3 is 2.11 bits per heavy atom. The SMILES string of the molecule is O=C(COC(=O)c1cc[n+]([O-])cc1)c1ccc(NC(=O)c2ccccc2)cc1. The van der Waals surface area contributed by atoms with Crippen molar-refractivity contribution in [3.8, 4) is 0 Å². The van der Waals surface area contributed by atoms with Crippen molar-refractivity contribution >= 4 is 23.3 Å². The number of ketones is 1. The minimum atomic E-state index is -0.694. The molecule has 0 fully saturated rings. The number of carbonyl (C=O) groups excluding carboxylic acids is 3. The highest BCUT2D eigenvalue weighted by atomic mass is 16.5. The molecular formula is C21H16N2O5. The van der Waals surface area contributed by atoms with Crippen molar-refractivity contribution in [2.45, 2.75) is 0 Å². The monoisotopic (exact) mass is 376 g/mol. The first kappa shape index (κ1) is 18.8. The molecular weight excluding hydrogens is 360 g/mol. The number of nitrogens with zero attached hydrogens (tertiary/aromatic N) is 1. The van der Waals surface area contributed by atoms with E-state index in [-0.39, 0.29) is 17.3 Å². The smallest absolute Gasteiger partial charge is 0.339 e. The van der Waals surface area contributed by atoms with Crippen molar-refractivity contribution in [3.05, 3.63) is 101 Å². The van der Waals surface area contributed by atoms with Crippen molar-refractivity contribution in [2.24, 2.45) is 0 Å². The third-order valence-corrected chi connectivity index (χ3v) is 3.87. The zero-order chi connectivity index (χ0) is 19.9. The van der Waals surface area contributed by atoms with Crippen molar-refractivity contribution in [2.75, 3.05) is 11.9 Å². The van der Waals surface area contributed by atoms with Gasteiger partial charge in [0.05, 0.1) is 5.56 Å². The number of benzene rings is 2. The summed E-state index contributed by atoms with van der Waals surface area (Å²) in [6.45, 7) is -0.430. The Kier molecular flexibility index (Phi) is 5.76. The summed E-state index contributed by atoms with van der Waals surface area (Å²) in [5.74, 6) is -1.33. The van der Waals surface area contributed by atoms with Gasteiger partial charge in [0.15, 0.2) is 24.8 Å². The number of carbonyl (C=O) groups is 3. The normalized spacial score (nSPS) is 10.1. The maximum absolute atomic E-state index is 12.2. The average Bonchev–Trinajstić information content (AvgIpc) is 2.73. The van der Waals surface area contributed by atoms with Gasteiger partial charge in [0.2, 0.25) is 0 Å². The Balaban J connectivity index is 1.55. The molecule has 0 aliphatic rings. The van der Waals surface area contributed by atoms with E-state index in [1.165, 1.54) is 24.5 Å². The summed E-state index contributed by atoms with van der Waals surface area (Å²) in [4.78, 5) is 36.1. The molecule has 3 rings (SSSR count). The third-order valence-electron chi connectivity index (χ3n) is 3.87. The minimum absolute atomic E-state index is 0.180. The second-order valence-corrected chi connectivity index (χ2v) is 5.84. The number of aromatic nitrogens is 1. The highest BCUT2D eigenvalue weighted by molar-refractivity contribution is 6.04. The number of Topliss-reactive ketones (excluding diaryl/α,β-unsaturated/α-hetero) is 1. The molecule has 0 bridgehead atoms. The van der Waals surface area contributed by atoms with E-state index in [9.17, 15) is 19.6 Å². The standard InChI is InChI=1S/C21H16N2O5/c24-19(14-28-21(26)17-10-12-23(27)13-11-17)15-6-8-18(9-7-15)22-20(25)16-4-2-1-3-5-16/h1-13H,14H2,(H,22,25). The quantitative estimate of drug-likeness (QED) is 0.309. The molecule has 7 heteroatoms. The molecule has 0 aliphatic heterocycles. The summed E-state index contributed by atoms with van der Waals surface area (Å²) in [6.07, 6.45) is 2.34. The van der Waals surface area contributed by atoms with Crippen LogP contribution in [0.15, 0.2) is 79.1 Å². The molecule has 0 saturated carbocycles. The van der Waals surface area contributed by atoms with Gasteiger partial charge in [0, 0.05) is 28.9 Å². The van der Waals surface area contributed by atoms with Gasteiger partial charge in [-0.2, -0.15) is 4.73 Å². The van der Waals surface area contributed by atoms with E-state index in [4.69, 9.17) is 4.74 Å². The number of pyridine rings is 1. The molecule has 28 heavy (non-hydrogen) atoms. The first-order valence-electron chi connectivity index (χ1n) is 8.38. The van der Waals surface area contributed by atoms with Crippen LogP contribution in [0.1, 0.15) is 31.1 Å². The molecule has 0 spiro atoms. The maximum Gasteiger partial charge on any atom is 0.339 e. The lowest BCUT2D eigenvalue weighted by atomic mass is 10.1. The Morgan fingerprint density at radius 1 is 0.821 bits per heavy atom. The van der Waals surface area contributed by atoms with Crippen LogP contribution in [0.4, 0.5) is 5.69 Å². The van der Waals surface area contributed by atoms with Crippen LogP contribution >= 0.6 is 0 Å².